The number of nitrogens with two attached hydrogens (primary N) is 1. The van der Waals surface area contributed by atoms with E-state index in [0.717, 1.165) is 14.6 Å². The summed E-state index contributed by atoms with van der Waals surface area (Å²) in [7, 11) is 0. The predicted octanol–water partition coefficient (Wildman–Crippen LogP) is 4.09. The first-order chi connectivity index (χ1) is 10.1. The van der Waals surface area contributed by atoms with Gasteiger partial charge in [0.05, 0.1) is 16.4 Å². The second kappa shape index (κ2) is 5.75. The first-order valence-electron chi connectivity index (χ1n) is 5.86. The van der Waals surface area contributed by atoms with Gasteiger partial charge in [-0.25, -0.2) is 0 Å². The number of nitrogen functional groups attached to an aromatic ring is 1. The summed E-state index contributed by atoms with van der Waals surface area (Å²) in [5, 5.41) is 12.3. The molecular weight excluding hydrogens is 421 g/mol. The maximum absolute atomic E-state index is 6.07. The van der Waals surface area contributed by atoms with E-state index in [1.165, 1.54) is 0 Å². The van der Waals surface area contributed by atoms with Crippen LogP contribution in [0.5, 0.6) is 0 Å². The molecule has 0 aliphatic rings. The van der Waals surface area contributed by atoms with Gasteiger partial charge in [-0.2, -0.15) is 4.68 Å². The van der Waals surface area contributed by atoms with Crippen LogP contribution in [0.3, 0.4) is 0 Å². The molecule has 2 N–H and O–H groups in total. The third kappa shape index (κ3) is 2.56. The lowest BCUT2D eigenvalue weighted by atomic mass is 10.1. The van der Waals surface area contributed by atoms with Crippen molar-refractivity contribution in [3.63, 3.8) is 0 Å². The molecule has 0 radical (unpaired) electrons. The van der Waals surface area contributed by atoms with Crippen LogP contribution in [0.2, 0.25) is 5.02 Å². The molecule has 0 fully saturated rings. The Bertz CT molecular complexity index is 798. The molecule has 0 aliphatic heterocycles. The van der Waals surface area contributed by atoms with Crippen LogP contribution in [0.15, 0.2) is 45.3 Å². The van der Waals surface area contributed by atoms with Gasteiger partial charge in [-0.1, -0.05) is 23.7 Å². The molecule has 1 aromatic heterocycles. The molecule has 0 spiro atoms. The lowest BCUT2D eigenvalue weighted by molar-refractivity contribution is 0.786. The van der Waals surface area contributed by atoms with E-state index >= 15 is 0 Å². The zero-order valence-electron chi connectivity index (χ0n) is 10.5. The number of halogens is 3. The van der Waals surface area contributed by atoms with Crippen molar-refractivity contribution in [1.29, 1.82) is 0 Å². The Kier molecular flexibility index (Phi) is 3.97. The van der Waals surface area contributed by atoms with Gasteiger partial charge in [0, 0.05) is 14.5 Å². The molecule has 3 rings (SSSR count). The molecule has 106 valence electrons. The quantitative estimate of drug-likeness (QED) is 0.623. The van der Waals surface area contributed by atoms with Crippen LogP contribution in [0.4, 0.5) is 5.69 Å². The van der Waals surface area contributed by atoms with E-state index in [2.05, 4.69) is 47.4 Å². The Morgan fingerprint density at radius 3 is 2.43 bits per heavy atom. The first-order valence-corrected chi connectivity index (χ1v) is 7.83. The van der Waals surface area contributed by atoms with Gasteiger partial charge >= 0.3 is 0 Å². The van der Waals surface area contributed by atoms with E-state index < -0.39 is 0 Å². The summed E-state index contributed by atoms with van der Waals surface area (Å²) in [6.45, 7) is 0. The molecular formula is C13H8Br2ClN5. The smallest absolute Gasteiger partial charge is 0.189 e. The van der Waals surface area contributed by atoms with Gasteiger partial charge < -0.3 is 5.73 Å². The monoisotopic (exact) mass is 427 g/mol. The summed E-state index contributed by atoms with van der Waals surface area (Å²) < 4.78 is 3.31. The fraction of sp³-hybridized carbons (Fsp3) is 0. The van der Waals surface area contributed by atoms with Gasteiger partial charge in [-0.05, 0) is 66.6 Å². The molecule has 0 saturated heterocycles. The first kappa shape index (κ1) is 14.5. The molecule has 2 aromatic carbocycles. The second-order valence-electron chi connectivity index (χ2n) is 4.19. The largest absolute Gasteiger partial charge is 0.397 e. The molecule has 0 bridgehead atoms. The molecule has 0 aliphatic carbocycles. The Hall–Kier alpha value is -1.44. The van der Waals surface area contributed by atoms with Gasteiger partial charge in [-0.3, -0.25) is 0 Å². The topological polar surface area (TPSA) is 69.6 Å². The van der Waals surface area contributed by atoms with Crippen molar-refractivity contribution in [1.82, 2.24) is 20.2 Å². The molecule has 5 nitrogen and oxygen atoms in total. The summed E-state index contributed by atoms with van der Waals surface area (Å²) in [6, 6.07) is 11.1. The third-order valence-electron chi connectivity index (χ3n) is 2.91. The summed E-state index contributed by atoms with van der Waals surface area (Å²) in [6.07, 6.45) is 0. The number of aromatic nitrogens is 4. The minimum absolute atomic E-state index is 0.443. The standard InChI is InChI=1S/C13H8Br2ClN5/c14-8-4-2-5-9(15)12(8)21-13(18-19-20-21)7-3-1-6-10(16)11(7)17/h1-6H,17H2. The zero-order chi connectivity index (χ0) is 15.0. The van der Waals surface area contributed by atoms with Gasteiger partial charge in [0.2, 0.25) is 0 Å². The normalized spacial score (nSPS) is 10.8. The van der Waals surface area contributed by atoms with Gasteiger partial charge in [-0.15, -0.1) is 5.10 Å². The zero-order valence-corrected chi connectivity index (χ0v) is 14.4. The molecule has 0 atom stereocenters. The highest BCUT2D eigenvalue weighted by Gasteiger charge is 2.18. The molecule has 0 amide bonds. The van der Waals surface area contributed by atoms with Crippen molar-refractivity contribution in [2.24, 2.45) is 0 Å². The van der Waals surface area contributed by atoms with Crippen molar-refractivity contribution in [2.45, 2.75) is 0 Å². The van der Waals surface area contributed by atoms with E-state index in [-0.39, 0.29) is 0 Å². The van der Waals surface area contributed by atoms with Gasteiger partial charge in [0.15, 0.2) is 5.82 Å². The fourth-order valence-corrected chi connectivity index (χ4v) is 3.44. The maximum atomic E-state index is 6.07. The Balaban J connectivity index is 2.25. The van der Waals surface area contributed by atoms with E-state index in [4.69, 9.17) is 17.3 Å². The van der Waals surface area contributed by atoms with Gasteiger partial charge in [0.25, 0.3) is 0 Å². The molecule has 3 aromatic rings. The average Bonchev–Trinajstić information content (AvgIpc) is 2.91. The van der Waals surface area contributed by atoms with E-state index in [1.54, 1.807) is 10.7 Å². The highest BCUT2D eigenvalue weighted by atomic mass is 79.9. The Labute approximate surface area is 142 Å². The van der Waals surface area contributed by atoms with Crippen LogP contribution in [-0.2, 0) is 0 Å². The van der Waals surface area contributed by atoms with Gasteiger partial charge in [0.1, 0.15) is 0 Å². The number of anilines is 1. The lowest BCUT2D eigenvalue weighted by Crippen LogP contribution is -2.03. The van der Waals surface area contributed by atoms with Crippen LogP contribution in [0.25, 0.3) is 17.1 Å². The van der Waals surface area contributed by atoms with Crippen LogP contribution >= 0.6 is 43.5 Å². The summed E-state index contributed by atoms with van der Waals surface area (Å²) in [4.78, 5) is 0. The van der Waals surface area contributed by atoms with Crippen LogP contribution in [-0.4, -0.2) is 20.2 Å². The van der Waals surface area contributed by atoms with Crippen LogP contribution in [0.1, 0.15) is 0 Å². The number of tetrazole rings is 1. The van der Waals surface area contributed by atoms with Crippen molar-refractivity contribution >= 4 is 49.1 Å². The van der Waals surface area contributed by atoms with E-state index in [9.17, 15) is 0 Å². The van der Waals surface area contributed by atoms with E-state index in [0.29, 0.717) is 22.1 Å². The number of nitrogens with zero attached hydrogens (tertiary/aromatic N) is 4. The highest BCUT2D eigenvalue weighted by molar-refractivity contribution is 9.11. The maximum Gasteiger partial charge on any atom is 0.189 e. The average molecular weight is 430 g/mol. The Morgan fingerprint density at radius 2 is 1.71 bits per heavy atom. The second-order valence-corrected chi connectivity index (χ2v) is 6.30. The lowest BCUT2D eigenvalue weighted by Gasteiger charge is -2.10. The minimum atomic E-state index is 0.443. The van der Waals surface area contributed by atoms with Crippen LogP contribution in [0, 0.1) is 0 Å². The minimum Gasteiger partial charge on any atom is -0.397 e. The summed E-state index contributed by atoms with van der Waals surface area (Å²) >= 11 is 13.1. The molecule has 0 unspecified atom stereocenters. The predicted molar refractivity (Wildman–Crippen MR) is 89.4 cm³/mol. The van der Waals surface area contributed by atoms with Crippen molar-refractivity contribution < 1.29 is 0 Å². The SMILES string of the molecule is Nc1c(Cl)cccc1-c1nnnn1-c1c(Br)cccc1Br. The molecule has 8 heteroatoms. The molecule has 0 saturated carbocycles. The van der Waals surface area contributed by atoms with E-state index in [1.807, 2.05) is 30.3 Å². The highest BCUT2D eigenvalue weighted by Crippen LogP contribution is 2.34. The number of hydrogen-bond donors (Lipinski definition) is 1. The third-order valence-corrected chi connectivity index (χ3v) is 4.52. The number of para-hydroxylation sites is 2. The summed E-state index contributed by atoms with van der Waals surface area (Å²) in [5.41, 5.74) is 7.94. The molecule has 1 heterocycles. The molecule has 21 heavy (non-hydrogen) atoms. The fourth-order valence-electron chi connectivity index (χ4n) is 1.93. The van der Waals surface area contributed by atoms with Crippen molar-refractivity contribution in [3.8, 4) is 17.1 Å². The van der Waals surface area contributed by atoms with Crippen molar-refractivity contribution in [2.75, 3.05) is 5.73 Å². The number of benzene rings is 2. The summed E-state index contributed by atoms with van der Waals surface area (Å²) in [5.74, 6) is 0.516. The Morgan fingerprint density at radius 1 is 1.05 bits per heavy atom. The number of hydrogen-bond acceptors (Lipinski definition) is 4. The van der Waals surface area contributed by atoms with Crippen molar-refractivity contribution in [3.05, 3.63) is 50.4 Å². The van der Waals surface area contributed by atoms with Crippen LogP contribution < -0.4 is 5.73 Å². The number of rotatable bonds is 2.